The van der Waals surface area contributed by atoms with Crippen molar-refractivity contribution in [3.8, 4) is 0 Å². The lowest BCUT2D eigenvalue weighted by Gasteiger charge is -2.22. The van der Waals surface area contributed by atoms with Gasteiger partial charge in [-0.3, -0.25) is 4.79 Å². The molecule has 0 aromatic rings. The highest BCUT2D eigenvalue weighted by atomic mass is 32.2. The monoisotopic (exact) mass is 261 g/mol. The largest absolute Gasteiger partial charge is 0.346 e. The van der Waals surface area contributed by atoms with Gasteiger partial charge in [0.15, 0.2) is 0 Å². The Morgan fingerprint density at radius 3 is 2.59 bits per heavy atom. The van der Waals surface area contributed by atoms with Crippen LogP contribution in [-0.4, -0.2) is 41.7 Å². The molecule has 0 heterocycles. The van der Waals surface area contributed by atoms with Crippen LogP contribution < -0.4 is 16.8 Å². The van der Waals surface area contributed by atoms with Crippen LogP contribution in [0.2, 0.25) is 0 Å². The molecule has 0 spiro atoms. The van der Waals surface area contributed by atoms with Gasteiger partial charge in [0.2, 0.25) is 5.91 Å². The lowest BCUT2D eigenvalue weighted by atomic mass is 10.1. The molecular weight excluding hydrogens is 242 g/mol. The smallest absolute Gasteiger partial charge is 0.230 e. The fraction of sp³-hybridized carbons (Fsp3) is 0.700. The molecule has 0 aliphatic rings. The summed E-state index contributed by atoms with van der Waals surface area (Å²) in [6.07, 6.45) is 2.01. The average molecular weight is 261 g/mol. The number of nitrogens with two attached hydrogens (primary N) is 2. The van der Waals surface area contributed by atoms with E-state index in [0.717, 1.165) is 6.29 Å². The number of rotatable bonds is 9. The van der Waals surface area contributed by atoms with Crippen molar-refractivity contribution in [2.24, 2.45) is 11.5 Å². The van der Waals surface area contributed by atoms with Crippen LogP contribution in [0.1, 0.15) is 19.8 Å². The summed E-state index contributed by atoms with van der Waals surface area (Å²) in [6.45, 7) is 1.58. The number of hydrogen-bond donors (Lipinski definition) is 3. The number of aldehydes is 2. The molecule has 0 saturated carbocycles. The zero-order valence-electron chi connectivity index (χ0n) is 9.85. The van der Waals surface area contributed by atoms with Crippen molar-refractivity contribution in [1.29, 1.82) is 0 Å². The van der Waals surface area contributed by atoms with E-state index in [9.17, 15) is 14.4 Å². The van der Waals surface area contributed by atoms with E-state index in [4.69, 9.17) is 11.5 Å². The van der Waals surface area contributed by atoms with Crippen LogP contribution in [0, 0.1) is 0 Å². The van der Waals surface area contributed by atoms with Crippen LogP contribution in [-0.2, 0) is 14.4 Å². The van der Waals surface area contributed by atoms with Crippen molar-refractivity contribution in [1.82, 2.24) is 5.32 Å². The van der Waals surface area contributed by atoms with Crippen molar-refractivity contribution >= 4 is 30.2 Å². The normalized spacial score (nSPS) is 12.9. The van der Waals surface area contributed by atoms with Gasteiger partial charge in [-0.15, -0.1) is 0 Å². The molecule has 7 heteroatoms. The molecule has 17 heavy (non-hydrogen) atoms. The summed E-state index contributed by atoms with van der Waals surface area (Å²) in [5, 5.41) is 2.52. The highest BCUT2D eigenvalue weighted by Gasteiger charge is 2.20. The van der Waals surface area contributed by atoms with E-state index < -0.39 is 11.7 Å². The number of thioether (sulfide) groups is 1. The molecule has 0 aromatic carbocycles. The summed E-state index contributed by atoms with van der Waals surface area (Å²) in [5.74, 6) is 0.542. The average Bonchev–Trinajstić information content (AvgIpc) is 2.21. The Kier molecular flexibility index (Phi) is 7.77. The molecule has 5 N–H and O–H groups in total. The van der Waals surface area contributed by atoms with Crippen LogP contribution in [0.4, 0.5) is 0 Å². The number of nitrogens with one attached hydrogen (secondary N) is 1. The highest BCUT2D eigenvalue weighted by molar-refractivity contribution is 7.99. The van der Waals surface area contributed by atoms with Crippen molar-refractivity contribution in [3.63, 3.8) is 0 Å². The summed E-state index contributed by atoms with van der Waals surface area (Å²) in [4.78, 5) is 32.2. The Morgan fingerprint density at radius 1 is 1.47 bits per heavy atom. The third kappa shape index (κ3) is 9.98. The van der Waals surface area contributed by atoms with Crippen LogP contribution in [0.3, 0.4) is 0 Å². The van der Waals surface area contributed by atoms with Gasteiger partial charge in [0.05, 0.1) is 17.5 Å². The van der Waals surface area contributed by atoms with E-state index in [1.807, 2.05) is 0 Å². The van der Waals surface area contributed by atoms with Gasteiger partial charge in [0.25, 0.3) is 0 Å². The van der Waals surface area contributed by atoms with Gasteiger partial charge in [-0.2, -0.15) is 11.8 Å². The maximum atomic E-state index is 11.4. The third-order valence-corrected chi connectivity index (χ3v) is 2.77. The second-order valence-corrected chi connectivity index (χ2v) is 5.13. The first-order valence-corrected chi connectivity index (χ1v) is 6.38. The van der Waals surface area contributed by atoms with Crippen molar-refractivity contribution in [2.75, 3.05) is 11.5 Å². The molecule has 0 bridgehead atoms. The van der Waals surface area contributed by atoms with Crippen molar-refractivity contribution in [2.45, 2.75) is 31.5 Å². The molecule has 0 aromatic heterocycles. The quantitative estimate of drug-likeness (QED) is 0.279. The Morgan fingerprint density at radius 2 is 2.12 bits per heavy atom. The lowest BCUT2D eigenvalue weighted by Crippen LogP contribution is -2.52. The fourth-order valence-corrected chi connectivity index (χ4v) is 1.83. The van der Waals surface area contributed by atoms with Gasteiger partial charge in [-0.05, 0) is 6.92 Å². The molecule has 0 rings (SSSR count). The topological polar surface area (TPSA) is 115 Å². The number of carbonyl (C=O) groups is 3. The molecule has 6 nitrogen and oxygen atoms in total. The molecule has 1 amide bonds. The number of amides is 1. The lowest BCUT2D eigenvalue weighted by molar-refractivity contribution is -0.122. The molecule has 0 radical (unpaired) electrons. The molecule has 0 saturated heterocycles. The Labute approximate surface area is 105 Å². The van der Waals surface area contributed by atoms with E-state index in [0.29, 0.717) is 18.5 Å². The third-order valence-electron chi connectivity index (χ3n) is 1.78. The Bertz CT molecular complexity index is 266. The molecule has 98 valence electrons. The van der Waals surface area contributed by atoms with Gasteiger partial charge in [0, 0.05) is 18.6 Å². The van der Waals surface area contributed by atoms with E-state index in [-0.39, 0.29) is 18.1 Å². The van der Waals surface area contributed by atoms with E-state index in [1.165, 1.54) is 11.8 Å². The predicted molar refractivity (Wildman–Crippen MR) is 67.4 cm³/mol. The van der Waals surface area contributed by atoms with Crippen LogP contribution in [0.25, 0.3) is 0 Å². The molecular formula is C10H19N3O3S. The van der Waals surface area contributed by atoms with Gasteiger partial charge in [-0.1, -0.05) is 0 Å². The number of carbonyl (C=O) groups excluding carboxylic acids is 3. The summed E-state index contributed by atoms with van der Waals surface area (Å²) in [6, 6.07) is -0.672. The first-order valence-electron chi connectivity index (χ1n) is 5.23. The van der Waals surface area contributed by atoms with Gasteiger partial charge in [-0.25, -0.2) is 0 Å². The first kappa shape index (κ1) is 16.1. The van der Waals surface area contributed by atoms with Crippen molar-refractivity contribution < 1.29 is 14.4 Å². The van der Waals surface area contributed by atoms with Crippen molar-refractivity contribution in [3.05, 3.63) is 0 Å². The van der Waals surface area contributed by atoms with Gasteiger partial charge in [0.1, 0.15) is 12.6 Å². The Balaban J connectivity index is 3.90. The van der Waals surface area contributed by atoms with E-state index in [2.05, 4.69) is 5.32 Å². The molecule has 1 unspecified atom stereocenters. The maximum absolute atomic E-state index is 11.4. The SMILES string of the molecule is CC(N)(N)CC(C=O)NC(=O)CSCCC=O. The molecule has 1 atom stereocenters. The Hall–Kier alpha value is -0.920. The predicted octanol–water partition coefficient (Wildman–Crippen LogP) is -0.984. The van der Waals surface area contributed by atoms with Gasteiger partial charge < -0.3 is 26.4 Å². The van der Waals surface area contributed by atoms with E-state index in [1.54, 1.807) is 6.92 Å². The zero-order valence-corrected chi connectivity index (χ0v) is 10.7. The van der Waals surface area contributed by atoms with Crippen LogP contribution in [0.15, 0.2) is 0 Å². The minimum absolute atomic E-state index is 0.182. The standard InChI is InChI=1S/C10H19N3O3S/c1-10(11,12)5-8(6-15)13-9(16)7-17-4-2-3-14/h3,6,8H,2,4-5,7,11-12H2,1H3,(H,13,16). The molecule has 0 fully saturated rings. The summed E-state index contributed by atoms with van der Waals surface area (Å²) >= 11 is 1.33. The zero-order chi connectivity index (χ0) is 13.3. The minimum atomic E-state index is -0.997. The summed E-state index contributed by atoms with van der Waals surface area (Å²) in [7, 11) is 0. The summed E-state index contributed by atoms with van der Waals surface area (Å²) in [5.41, 5.74) is 10.1. The fourth-order valence-electron chi connectivity index (χ4n) is 1.15. The highest BCUT2D eigenvalue weighted by Crippen LogP contribution is 2.03. The van der Waals surface area contributed by atoms with Crippen LogP contribution >= 0.6 is 11.8 Å². The molecule has 0 aliphatic carbocycles. The maximum Gasteiger partial charge on any atom is 0.230 e. The molecule has 0 aliphatic heterocycles. The van der Waals surface area contributed by atoms with Gasteiger partial charge >= 0.3 is 0 Å². The number of hydrogen-bond acceptors (Lipinski definition) is 6. The van der Waals surface area contributed by atoms with E-state index >= 15 is 0 Å². The summed E-state index contributed by atoms with van der Waals surface area (Å²) < 4.78 is 0. The second-order valence-electron chi connectivity index (χ2n) is 4.03. The minimum Gasteiger partial charge on any atom is -0.346 e. The first-order chi connectivity index (χ1) is 7.89. The second kappa shape index (κ2) is 8.21. The van der Waals surface area contributed by atoms with Crippen LogP contribution in [0.5, 0.6) is 0 Å².